The molecule has 3 aromatic rings. The molecule has 2 heterocycles. The fourth-order valence-electron chi connectivity index (χ4n) is 1.83. The number of hydrogen-bond acceptors (Lipinski definition) is 5. The van der Waals surface area contributed by atoms with Crippen LogP contribution in [0.5, 0.6) is 5.75 Å². The van der Waals surface area contributed by atoms with E-state index in [4.69, 9.17) is 4.74 Å². The van der Waals surface area contributed by atoms with Gasteiger partial charge in [0.05, 0.1) is 19.0 Å². The highest BCUT2D eigenvalue weighted by molar-refractivity contribution is 5.71. The third kappa shape index (κ3) is 1.85. The Kier molecular flexibility index (Phi) is 2.52. The van der Waals surface area contributed by atoms with Gasteiger partial charge >= 0.3 is 5.56 Å². The van der Waals surface area contributed by atoms with Crippen LogP contribution in [0.2, 0.25) is 0 Å². The van der Waals surface area contributed by atoms with Crippen molar-refractivity contribution in [2.45, 2.75) is 0 Å². The molecule has 0 saturated carbocycles. The molecule has 7 nitrogen and oxygen atoms in total. The Bertz CT molecular complexity index is 788. The average Bonchev–Trinajstić information content (AvgIpc) is 2.81. The van der Waals surface area contributed by atoms with Gasteiger partial charge in [-0.25, -0.2) is 0 Å². The van der Waals surface area contributed by atoms with Crippen molar-refractivity contribution in [2.24, 2.45) is 7.05 Å². The summed E-state index contributed by atoms with van der Waals surface area (Å²) >= 11 is 0. The van der Waals surface area contributed by atoms with Crippen molar-refractivity contribution in [3.05, 3.63) is 40.8 Å². The summed E-state index contributed by atoms with van der Waals surface area (Å²) in [7, 11) is 3.32. The number of aryl methyl sites for hydroxylation is 1. The first-order valence-electron chi connectivity index (χ1n) is 5.63. The standard InChI is InChI=1S/C12H11N5O2/c1-16-7-10-11(14-16)12(18)17(15-13-10)8-3-5-9(19-2)6-4-8/h3-7H,1-2H3. The van der Waals surface area contributed by atoms with Crippen molar-refractivity contribution in [1.29, 1.82) is 0 Å². The topological polar surface area (TPSA) is 74.8 Å². The van der Waals surface area contributed by atoms with Crippen molar-refractivity contribution < 1.29 is 4.74 Å². The van der Waals surface area contributed by atoms with Gasteiger partial charge in [-0.1, -0.05) is 5.21 Å². The molecule has 0 radical (unpaired) electrons. The molecule has 7 heteroatoms. The molecular formula is C12H11N5O2. The molecule has 3 rings (SSSR count). The van der Waals surface area contributed by atoms with E-state index >= 15 is 0 Å². The van der Waals surface area contributed by atoms with Crippen LogP contribution in [0.3, 0.4) is 0 Å². The van der Waals surface area contributed by atoms with E-state index in [0.717, 1.165) is 0 Å². The lowest BCUT2D eigenvalue weighted by atomic mass is 10.3. The van der Waals surface area contributed by atoms with Gasteiger partial charge in [0, 0.05) is 7.05 Å². The van der Waals surface area contributed by atoms with Crippen molar-refractivity contribution in [3.63, 3.8) is 0 Å². The lowest BCUT2D eigenvalue weighted by Crippen LogP contribution is -2.22. The highest BCUT2D eigenvalue weighted by Gasteiger charge is 2.10. The van der Waals surface area contributed by atoms with Crippen molar-refractivity contribution in [3.8, 4) is 11.4 Å². The first-order valence-corrected chi connectivity index (χ1v) is 5.63. The molecule has 0 saturated heterocycles. The van der Waals surface area contributed by atoms with E-state index in [-0.39, 0.29) is 5.56 Å². The molecule has 0 aliphatic heterocycles. The molecule has 0 aliphatic rings. The Balaban J connectivity index is 2.18. The molecule has 0 N–H and O–H groups in total. The predicted molar refractivity (Wildman–Crippen MR) is 68.5 cm³/mol. The van der Waals surface area contributed by atoms with E-state index in [1.54, 1.807) is 49.3 Å². The summed E-state index contributed by atoms with van der Waals surface area (Å²) in [6.45, 7) is 0. The second-order valence-electron chi connectivity index (χ2n) is 4.04. The number of ether oxygens (including phenoxy) is 1. The van der Waals surface area contributed by atoms with Crippen LogP contribution in [-0.4, -0.2) is 31.9 Å². The first-order chi connectivity index (χ1) is 9.19. The number of hydrogen-bond donors (Lipinski definition) is 0. The zero-order chi connectivity index (χ0) is 13.4. The van der Waals surface area contributed by atoms with Crippen LogP contribution < -0.4 is 10.3 Å². The first kappa shape index (κ1) is 11.4. The molecule has 1 aromatic carbocycles. The maximum atomic E-state index is 12.3. The van der Waals surface area contributed by atoms with Gasteiger partial charge in [-0.15, -0.1) is 5.10 Å². The molecule has 0 amide bonds. The molecule has 96 valence electrons. The summed E-state index contributed by atoms with van der Waals surface area (Å²) in [4.78, 5) is 12.3. The number of rotatable bonds is 2. The third-order valence-corrected chi connectivity index (χ3v) is 2.76. The Hall–Kier alpha value is -2.70. The summed E-state index contributed by atoms with van der Waals surface area (Å²) in [5.74, 6) is 0.712. The van der Waals surface area contributed by atoms with Crippen LogP contribution in [0.15, 0.2) is 35.3 Å². The van der Waals surface area contributed by atoms with Gasteiger partial charge in [-0.2, -0.15) is 9.78 Å². The number of fused-ring (bicyclic) bond motifs is 1. The Labute approximate surface area is 108 Å². The second kappa shape index (κ2) is 4.20. The van der Waals surface area contributed by atoms with Crippen LogP contribution in [0, 0.1) is 0 Å². The number of aromatic nitrogens is 5. The van der Waals surface area contributed by atoms with Gasteiger partial charge in [0.25, 0.3) is 0 Å². The highest BCUT2D eigenvalue weighted by Crippen LogP contribution is 2.13. The zero-order valence-electron chi connectivity index (χ0n) is 10.4. The van der Waals surface area contributed by atoms with Crippen LogP contribution in [0.25, 0.3) is 16.7 Å². The van der Waals surface area contributed by atoms with Crippen LogP contribution in [0.4, 0.5) is 0 Å². The van der Waals surface area contributed by atoms with Gasteiger partial charge in [0.15, 0.2) is 5.52 Å². The van der Waals surface area contributed by atoms with E-state index < -0.39 is 0 Å². The molecule has 0 atom stereocenters. The van der Waals surface area contributed by atoms with Gasteiger partial charge in [0.2, 0.25) is 0 Å². The predicted octanol–water partition coefficient (Wildman–Crippen LogP) is 0.523. The maximum absolute atomic E-state index is 12.3. The quantitative estimate of drug-likeness (QED) is 0.669. The molecule has 19 heavy (non-hydrogen) atoms. The minimum Gasteiger partial charge on any atom is -0.497 e. The van der Waals surface area contributed by atoms with E-state index in [9.17, 15) is 4.79 Å². The molecular weight excluding hydrogens is 246 g/mol. The minimum atomic E-state index is -0.296. The molecule has 0 unspecified atom stereocenters. The van der Waals surface area contributed by atoms with Gasteiger partial charge in [-0.05, 0) is 24.3 Å². The minimum absolute atomic E-state index is 0.296. The van der Waals surface area contributed by atoms with Gasteiger partial charge in [-0.3, -0.25) is 9.48 Å². The van der Waals surface area contributed by atoms with Crippen LogP contribution in [-0.2, 0) is 7.05 Å². The number of benzene rings is 1. The van der Waals surface area contributed by atoms with Crippen LogP contribution in [0.1, 0.15) is 0 Å². The average molecular weight is 257 g/mol. The Morgan fingerprint density at radius 2 is 1.95 bits per heavy atom. The molecule has 0 fully saturated rings. The molecule has 2 aromatic heterocycles. The van der Waals surface area contributed by atoms with Crippen molar-refractivity contribution in [1.82, 2.24) is 24.8 Å². The van der Waals surface area contributed by atoms with Crippen molar-refractivity contribution in [2.75, 3.05) is 7.11 Å². The van der Waals surface area contributed by atoms with Gasteiger partial charge in [0.1, 0.15) is 11.3 Å². The molecule has 0 aliphatic carbocycles. The molecule has 0 spiro atoms. The fourth-order valence-corrected chi connectivity index (χ4v) is 1.83. The Morgan fingerprint density at radius 1 is 1.21 bits per heavy atom. The number of methoxy groups -OCH3 is 1. The second-order valence-corrected chi connectivity index (χ2v) is 4.04. The summed E-state index contributed by atoms with van der Waals surface area (Å²) in [5, 5.41) is 12.0. The highest BCUT2D eigenvalue weighted by atomic mass is 16.5. The smallest absolute Gasteiger partial charge is 0.302 e. The van der Waals surface area contributed by atoms with Crippen molar-refractivity contribution >= 4 is 11.0 Å². The summed E-state index contributed by atoms with van der Waals surface area (Å²) in [6.07, 6.45) is 1.65. The summed E-state index contributed by atoms with van der Waals surface area (Å²) in [5.41, 5.74) is 1.10. The lowest BCUT2D eigenvalue weighted by Gasteiger charge is -2.04. The summed E-state index contributed by atoms with van der Waals surface area (Å²) in [6, 6.07) is 6.99. The van der Waals surface area contributed by atoms with Gasteiger partial charge < -0.3 is 4.74 Å². The SMILES string of the molecule is COc1ccc(-n2nnc3cn(C)nc3c2=O)cc1. The fraction of sp³-hybridized carbons (Fsp3) is 0.167. The van der Waals surface area contributed by atoms with E-state index in [1.807, 2.05) is 0 Å². The largest absolute Gasteiger partial charge is 0.497 e. The zero-order valence-corrected chi connectivity index (χ0v) is 10.4. The maximum Gasteiger partial charge on any atom is 0.302 e. The van der Waals surface area contributed by atoms with E-state index in [0.29, 0.717) is 22.5 Å². The van der Waals surface area contributed by atoms with E-state index in [1.165, 1.54) is 4.68 Å². The van der Waals surface area contributed by atoms with Crippen LogP contribution >= 0.6 is 0 Å². The monoisotopic (exact) mass is 257 g/mol. The third-order valence-electron chi connectivity index (χ3n) is 2.76. The Morgan fingerprint density at radius 3 is 2.63 bits per heavy atom. The normalized spacial score (nSPS) is 10.8. The number of nitrogens with zero attached hydrogens (tertiary/aromatic N) is 5. The summed E-state index contributed by atoms with van der Waals surface area (Å²) < 4.78 is 7.83. The molecule has 0 bridgehead atoms. The van der Waals surface area contributed by atoms with E-state index in [2.05, 4.69) is 15.4 Å². The lowest BCUT2D eigenvalue weighted by molar-refractivity contribution is 0.414.